The summed E-state index contributed by atoms with van der Waals surface area (Å²) < 4.78 is 31.0. The van der Waals surface area contributed by atoms with Gasteiger partial charge in [-0.15, -0.1) is 0 Å². The van der Waals surface area contributed by atoms with E-state index in [9.17, 15) is 8.42 Å². The van der Waals surface area contributed by atoms with Crippen LogP contribution >= 0.6 is 15.9 Å². The van der Waals surface area contributed by atoms with Crippen molar-refractivity contribution < 1.29 is 8.42 Å². The molecule has 0 aliphatic carbocycles. The molecule has 0 unspecified atom stereocenters. The number of fused-ring (bicyclic) bond motifs is 1. The predicted octanol–water partition coefficient (Wildman–Crippen LogP) is 5.26. The molecule has 5 nitrogen and oxygen atoms in total. The van der Waals surface area contributed by atoms with E-state index in [2.05, 4.69) is 50.0 Å². The van der Waals surface area contributed by atoms with Gasteiger partial charge >= 0.3 is 0 Å². The van der Waals surface area contributed by atoms with Crippen molar-refractivity contribution in [1.29, 1.82) is 0 Å². The molecule has 0 saturated heterocycles. The molecule has 0 aliphatic rings. The molecule has 4 aromatic rings. The Morgan fingerprint density at radius 3 is 2.41 bits per heavy atom. The van der Waals surface area contributed by atoms with Gasteiger partial charge in [0.05, 0.1) is 28.5 Å². The van der Waals surface area contributed by atoms with Crippen LogP contribution in [0.2, 0.25) is 0 Å². The van der Waals surface area contributed by atoms with Crippen molar-refractivity contribution >= 4 is 42.4 Å². The quantitative estimate of drug-likeness (QED) is 0.433. The van der Waals surface area contributed by atoms with Gasteiger partial charge in [-0.1, -0.05) is 58.4 Å². The third-order valence-corrected chi connectivity index (χ3v) is 6.84. The normalized spacial score (nSPS) is 11.7. The summed E-state index contributed by atoms with van der Waals surface area (Å²) in [5.41, 5.74) is 3.07. The van der Waals surface area contributed by atoms with Gasteiger partial charge in [-0.05, 0) is 54.4 Å². The number of hydrogen-bond acceptors (Lipinski definition) is 3. The fraction of sp³-hybridized carbons (Fsp3) is 0.136. The molecule has 0 amide bonds. The Labute approximate surface area is 178 Å². The number of hydrogen-bond donors (Lipinski definition) is 1. The van der Waals surface area contributed by atoms with Gasteiger partial charge in [0.1, 0.15) is 0 Å². The van der Waals surface area contributed by atoms with Crippen molar-refractivity contribution in [3.63, 3.8) is 0 Å². The van der Waals surface area contributed by atoms with Gasteiger partial charge < -0.3 is 0 Å². The van der Waals surface area contributed by atoms with Crippen molar-refractivity contribution in [3.05, 3.63) is 88.2 Å². The van der Waals surface area contributed by atoms with E-state index in [4.69, 9.17) is 0 Å². The van der Waals surface area contributed by atoms with Crippen LogP contribution in [0.3, 0.4) is 0 Å². The minimum atomic E-state index is -3.69. The second kappa shape index (κ2) is 7.65. The molecule has 4 rings (SSSR count). The van der Waals surface area contributed by atoms with Crippen molar-refractivity contribution in [2.24, 2.45) is 0 Å². The van der Waals surface area contributed by atoms with Crippen molar-refractivity contribution in [2.75, 3.05) is 4.72 Å². The maximum Gasteiger partial charge on any atom is 0.262 e. The summed E-state index contributed by atoms with van der Waals surface area (Å²) in [4.78, 5) is 0.210. The molecule has 0 saturated carbocycles. The number of aromatic nitrogens is 2. The van der Waals surface area contributed by atoms with E-state index in [-0.39, 0.29) is 4.90 Å². The van der Waals surface area contributed by atoms with Crippen LogP contribution in [0.25, 0.3) is 10.8 Å². The highest BCUT2D eigenvalue weighted by molar-refractivity contribution is 9.10. The lowest BCUT2D eigenvalue weighted by Crippen LogP contribution is -2.14. The average molecular weight is 470 g/mol. The van der Waals surface area contributed by atoms with Crippen LogP contribution in [0.5, 0.6) is 0 Å². The lowest BCUT2D eigenvalue weighted by Gasteiger charge is -2.10. The predicted molar refractivity (Wildman–Crippen MR) is 120 cm³/mol. The topological polar surface area (TPSA) is 64.0 Å². The summed E-state index contributed by atoms with van der Waals surface area (Å²) in [6.45, 7) is 4.25. The van der Waals surface area contributed by atoms with Gasteiger partial charge in [-0.2, -0.15) is 5.10 Å². The Morgan fingerprint density at radius 2 is 1.66 bits per heavy atom. The molecule has 0 atom stereocenters. The highest BCUT2D eigenvalue weighted by Gasteiger charge is 2.20. The third-order valence-electron chi connectivity index (χ3n) is 4.94. The standard InChI is InChI=1S/C22H20BrN3O2S/c1-15-22(25-29(27,28)20-12-10-19(23)11-13-20)16(2)26(24-15)14-18-8-5-7-17-6-3-4-9-21(17)18/h3-13,25H,14H2,1-2H3. The number of halogens is 1. The zero-order valence-electron chi connectivity index (χ0n) is 16.1. The van der Waals surface area contributed by atoms with Gasteiger partial charge in [0.25, 0.3) is 10.0 Å². The fourth-order valence-electron chi connectivity index (χ4n) is 3.40. The van der Waals surface area contributed by atoms with Crippen LogP contribution in [-0.4, -0.2) is 18.2 Å². The SMILES string of the molecule is Cc1nn(Cc2cccc3ccccc23)c(C)c1NS(=O)(=O)c1ccc(Br)cc1. The molecule has 29 heavy (non-hydrogen) atoms. The summed E-state index contributed by atoms with van der Waals surface area (Å²) in [5.74, 6) is 0. The highest BCUT2D eigenvalue weighted by atomic mass is 79.9. The van der Waals surface area contributed by atoms with Gasteiger partial charge in [0, 0.05) is 4.47 Å². The third kappa shape index (κ3) is 3.93. The zero-order chi connectivity index (χ0) is 20.6. The van der Waals surface area contributed by atoms with E-state index in [1.807, 2.05) is 36.7 Å². The molecule has 0 spiro atoms. The summed E-state index contributed by atoms with van der Waals surface area (Å²) in [7, 11) is -3.69. The number of benzene rings is 3. The second-order valence-corrected chi connectivity index (χ2v) is 9.50. The van der Waals surface area contributed by atoms with E-state index in [1.54, 1.807) is 24.3 Å². The smallest absolute Gasteiger partial charge is 0.262 e. The first-order valence-electron chi connectivity index (χ1n) is 9.14. The van der Waals surface area contributed by atoms with E-state index < -0.39 is 10.0 Å². The Balaban J connectivity index is 1.67. The zero-order valence-corrected chi connectivity index (χ0v) is 18.5. The molecule has 1 N–H and O–H groups in total. The first-order valence-corrected chi connectivity index (χ1v) is 11.4. The molecule has 148 valence electrons. The maximum atomic E-state index is 12.8. The number of aryl methyl sites for hydroxylation is 1. The minimum absolute atomic E-state index is 0.210. The Kier molecular flexibility index (Phi) is 5.19. The monoisotopic (exact) mass is 469 g/mol. The summed E-state index contributed by atoms with van der Waals surface area (Å²) >= 11 is 3.33. The van der Waals surface area contributed by atoms with Crippen LogP contribution in [-0.2, 0) is 16.6 Å². The number of nitrogens with zero attached hydrogens (tertiary/aromatic N) is 2. The van der Waals surface area contributed by atoms with Gasteiger partial charge in [-0.3, -0.25) is 9.40 Å². The number of rotatable bonds is 5. The fourth-order valence-corrected chi connectivity index (χ4v) is 4.84. The number of sulfonamides is 1. The van der Waals surface area contributed by atoms with Gasteiger partial charge in [0.2, 0.25) is 0 Å². The Morgan fingerprint density at radius 1 is 0.966 bits per heavy atom. The number of nitrogens with one attached hydrogen (secondary N) is 1. The summed E-state index contributed by atoms with van der Waals surface area (Å²) in [6.07, 6.45) is 0. The molecule has 3 aromatic carbocycles. The molecule has 0 fully saturated rings. The molecular formula is C22H20BrN3O2S. The van der Waals surface area contributed by atoms with Crippen LogP contribution in [0.1, 0.15) is 17.0 Å². The molecule has 7 heteroatoms. The molecule has 1 aromatic heterocycles. The average Bonchev–Trinajstić information content (AvgIpc) is 2.96. The van der Waals surface area contributed by atoms with E-state index >= 15 is 0 Å². The highest BCUT2D eigenvalue weighted by Crippen LogP contribution is 2.26. The van der Waals surface area contributed by atoms with E-state index in [0.717, 1.165) is 15.7 Å². The van der Waals surface area contributed by atoms with Crippen molar-refractivity contribution in [3.8, 4) is 0 Å². The lowest BCUT2D eigenvalue weighted by molar-refractivity contribution is 0.601. The van der Waals surface area contributed by atoms with Crippen LogP contribution in [0.15, 0.2) is 76.1 Å². The van der Waals surface area contributed by atoms with Crippen LogP contribution < -0.4 is 4.72 Å². The van der Waals surface area contributed by atoms with Crippen LogP contribution in [0, 0.1) is 13.8 Å². The molecule has 0 bridgehead atoms. The Hall–Kier alpha value is -2.64. The maximum absolute atomic E-state index is 12.8. The molecule has 0 aliphatic heterocycles. The minimum Gasteiger partial charge on any atom is -0.276 e. The first-order chi connectivity index (χ1) is 13.8. The second-order valence-electron chi connectivity index (χ2n) is 6.90. The van der Waals surface area contributed by atoms with Crippen molar-refractivity contribution in [2.45, 2.75) is 25.3 Å². The molecule has 1 heterocycles. The van der Waals surface area contributed by atoms with E-state index in [0.29, 0.717) is 17.9 Å². The first kappa shape index (κ1) is 19.7. The Bertz CT molecular complexity index is 1290. The van der Waals surface area contributed by atoms with Gasteiger partial charge in [-0.25, -0.2) is 8.42 Å². The van der Waals surface area contributed by atoms with E-state index in [1.165, 1.54) is 10.8 Å². The van der Waals surface area contributed by atoms with Crippen molar-refractivity contribution in [1.82, 2.24) is 9.78 Å². The largest absolute Gasteiger partial charge is 0.276 e. The molecular weight excluding hydrogens is 450 g/mol. The van der Waals surface area contributed by atoms with Crippen LogP contribution in [0.4, 0.5) is 5.69 Å². The molecule has 0 radical (unpaired) electrons. The van der Waals surface area contributed by atoms with Gasteiger partial charge in [0.15, 0.2) is 0 Å². The number of anilines is 1. The lowest BCUT2D eigenvalue weighted by atomic mass is 10.0. The summed E-state index contributed by atoms with van der Waals surface area (Å²) in [6, 6.07) is 20.9. The summed E-state index contributed by atoms with van der Waals surface area (Å²) in [5, 5.41) is 6.92.